The maximum Gasteiger partial charge on any atom is 0.233 e. The first-order valence-corrected chi connectivity index (χ1v) is 12.3. The number of hydrogen-bond donors (Lipinski definition) is 0. The second kappa shape index (κ2) is 8.65. The third kappa shape index (κ3) is 4.41. The van der Waals surface area contributed by atoms with Gasteiger partial charge in [0.2, 0.25) is 5.91 Å². The summed E-state index contributed by atoms with van der Waals surface area (Å²) in [7, 11) is -3.02. The van der Waals surface area contributed by atoms with Crippen molar-refractivity contribution >= 4 is 27.5 Å². The molecule has 0 N–H and O–H groups in total. The van der Waals surface area contributed by atoms with Crippen molar-refractivity contribution in [1.82, 2.24) is 19.7 Å². The van der Waals surface area contributed by atoms with E-state index in [1.165, 1.54) is 11.8 Å². The lowest BCUT2D eigenvalue weighted by molar-refractivity contribution is -0.129. The lowest BCUT2D eigenvalue weighted by Gasteiger charge is -2.26. The molecule has 0 spiro atoms. The van der Waals surface area contributed by atoms with Crippen LogP contribution in [0.1, 0.15) is 25.8 Å². The van der Waals surface area contributed by atoms with Gasteiger partial charge in [0.15, 0.2) is 20.8 Å². The van der Waals surface area contributed by atoms with Crippen LogP contribution in [0.25, 0.3) is 11.4 Å². The molecule has 1 aromatic heterocycles. The van der Waals surface area contributed by atoms with Crippen molar-refractivity contribution in [2.75, 3.05) is 23.8 Å². The first-order valence-electron chi connectivity index (χ1n) is 9.48. The van der Waals surface area contributed by atoms with Gasteiger partial charge in [-0.3, -0.25) is 4.79 Å². The zero-order valence-electron chi connectivity index (χ0n) is 16.5. The van der Waals surface area contributed by atoms with Crippen LogP contribution in [-0.2, 0) is 21.2 Å². The largest absolute Gasteiger partial charge is 0.338 e. The smallest absolute Gasteiger partial charge is 0.233 e. The van der Waals surface area contributed by atoms with Gasteiger partial charge in [-0.05, 0) is 32.8 Å². The molecular weight excluding hydrogens is 396 g/mol. The van der Waals surface area contributed by atoms with E-state index in [2.05, 4.69) is 10.2 Å². The lowest BCUT2D eigenvalue weighted by atomic mass is 10.1. The molecule has 1 unspecified atom stereocenters. The zero-order chi connectivity index (χ0) is 20.3. The summed E-state index contributed by atoms with van der Waals surface area (Å²) in [5, 5.41) is 9.34. The molecule has 7 nitrogen and oxygen atoms in total. The topological polar surface area (TPSA) is 85.2 Å². The van der Waals surface area contributed by atoms with Gasteiger partial charge in [0.05, 0.1) is 17.3 Å². The van der Waals surface area contributed by atoms with Crippen LogP contribution in [-0.4, -0.2) is 63.8 Å². The number of carbonyl (C=O) groups excluding carboxylic acids is 1. The predicted octanol–water partition coefficient (Wildman–Crippen LogP) is 2.40. The number of aromatic nitrogens is 3. The van der Waals surface area contributed by atoms with E-state index in [4.69, 9.17) is 0 Å². The van der Waals surface area contributed by atoms with Crippen LogP contribution < -0.4 is 0 Å². The van der Waals surface area contributed by atoms with E-state index in [-0.39, 0.29) is 29.2 Å². The minimum Gasteiger partial charge on any atom is -0.338 e. The number of rotatable bonds is 7. The molecule has 0 aliphatic carbocycles. The van der Waals surface area contributed by atoms with E-state index in [1.807, 2.05) is 49.6 Å². The molecule has 0 radical (unpaired) electrons. The highest BCUT2D eigenvalue weighted by Gasteiger charge is 2.33. The summed E-state index contributed by atoms with van der Waals surface area (Å²) in [6, 6.07) is 7.80. The number of thioether (sulfide) groups is 1. The first kappa shape index (κ1) is 20.9. The van der Waals surface area contributed by atoms with E-state index < -0.39 is 9.84 Å². The Hall–Kier alpha value is -1.87. The maximum absolute atomic E-state index is 12.7. The molecule has 28 heavy (non-hydrogen) atoms. The van der Waals surface area contributed by atoms with Gasteiger partial charge in [0.1, 0.15) is 0 Å². The Bertz CT molecular complexity index is 956. The fourth-order valence-electron chi connectivity index (χ4n) is 3.57. The SMILES string of the molecule is CCN(C(=O)CSc1nnc(-c2ccccc2C)n1CC)C1CCS(=O)(=O)C1. The number of hydrogen-bond acceptors (Lipinski definition) is 6. The van der Waals surface area contributed by atoms with Crippen LogP contribution in [0.4, 0.5) is 0 Å². The van der Waals surface area contributed by atoms with Crippen LogP contribution in [0.3, 0.4) is 0 Å². The highest BCUT2D eigenvalue weighted by atomic mass is 32.2. The van der Waals surface area contributed by atoms with Gasteiger partial charge in [-0.2, -0.15) is 0 Å². The Morgan fingerprint density at radius 1 is 1.29 bits per heavy atom. The van der Waals surface area contributed by atoms with Crippen LogP contribution in [0.2, 0.25) is 0 Å². The molecule has 0 saturated carbocycles. The molecule has 2 aromatic rings. The summed E-state index contributed by atoms with van der Waals surface area (Å²) in [5.74, 6) is 1.19. The number of amides is 1. The lowest BCUT2D eigenvalue weighted by Crippen LogP contribution is -2.42. The van der Waals surface area contributed by atoms with Gasteiger partial charge in [-0.1, -0.05) is 36.0 Å². The third-order valence-electron chi connectivity index (χ3n) is 5.05. The van der Waals surface area contributed by atoms with Gasteiger partial charge in [0.25, 0.3) is 0 Å². The monoisotopic (exact) mass is 422 g/mol. The molecule has 3 rings (SSSR count). The van der Waals surface area contributed by atoms with Crippen molar-refractivity contribution in [3.8, 4) is 11.4 Å². The molecule has 1 aliphatic rings. The summed E-state index contributed by atoms with van der Waals surface area (Å²) < 4.78 is 25.5. The van der Waals surface area contributed by atoms with Crippen molar-refractivity contribution < 1.29 is 13.2 Å². The summed E-state index contributed by atoms with van der Waals surface area (Å²) in [5.41, 5.74) is 2.15. The molecule has 1 aromatic carbocycles. The standard InChI is InChI=1S/C19H26N4O3S2/c1-4-22(15-10-11-28(25,26)13-15)17(24)12-27-19-21-20-18(23(19)5-2)16-9-7-6-8-14(16)3/h6-9,15H,4-5,10-13H2,1-3H3. The molecule has 1 saturated heterocycles. The van der Waals surface area contributed by atoms with E-state index in [0.717, 1.165) is 17.0 Å². The van der Waals surface area contributed by atoms with E-state index >= 15 is 0 Å². The minimum absolute atomic E-state index is 0.0577. The fourth-order valence-corrected chi connectivity index (χ4v) is 6.19. The second-order valence-corrected chi connectivity index (χ2v) is 10.1. The Morgan fingerprint density at radius 2 is 2.04 bits per heavy atom. The average Bonchev–Trinajstić information content (AvgIpc) is 3.23. The van der Waals surface area contributed by atoms with Gasteiger partial charge >= 0.3 is 0 Å². The number of carbonyl (C=O) groups is 1. The van der Waals surface area contributed by atoms with Gasteiger partial charge < -0.3 is 9.47 Å². The number of aryl methyl sites for hydroxylation is 1. The second-order valence-electron chi connectivity index (χ2n) is 6.89. The highest BCUT2D eigenvalue weighted by Crippen LogP contribution is 2.27. The Morgan fingerprint density at radius 3 is 2.64 bits per heavy atom. The summed E-state index contributed by atoms with van der Waals surface area (Å²) in [6.45, 7) is 7.16. The summed E-state index contributed by atoms with van der Waals surface area (Å²) >= 11 is 1.35. The van der Waals surface area contributed by atoms with Crippen molar-refractivity contribution in [3.63, 3.8) is 0 Å². The van der Waals surface area contributed by atoms with E-state index in [0.29, 0.717) is 24.7 Å². The van der Waals surface area contributed by atoms with Crippen LogP contribution >= 0.6 is 11.8 Å². The van der Waals surface area contributed by atoms with Gasteiger partial charge in [-0.25, -0.2) is 8.42 Å². The highest BCUT2D eigenvalue weighted by molar-refractivity contribution is 7.99. The first-order chi connectivity index (χ1) is 13.4. The third-order valence-corrected chi connectivity index (χ3v) is 7.76. The summed E-state index contributed by atoms with van der Waals surface area (Å²) in [6.07, 6.45) is 0.523. The van der Waals surface area contributed by atoms with Crippen molar-refractivity contribution in [1.29, 1.82) is 0 Å². The van der Waals surface area contributed by atoms with Crippen molar-refractivity contribution in [2.45, 2.75) is 44.9 Å². The normalized spacial score (nSPS) is 18.3. The quantitative estimate of drug-likeness (QED) is 0.637. The number of nitrogens with zero attached hydrogens (tertiary/aromatic N) is 4. The molecule has 1 amide bonds. The van der Waals surface area contributed by atoms with Crippen LogP contribution in [0, 0.1) is 6.92 Å². The predicted molar refractivity (Wildman–Crippen MR) is 111 cm³/mol. The fraction of sp³-hybridized carbons (Fsp3) is 0.526. The van der Waals surface area contributed by atoms with E-state index in [9.17, 15) is 13.2 Å². The molecule has 152 valence electrons. The zero-order valence-corrected chi connectivity index (χ0v) is 18.1. The molecule has 1 fully saturated rings. The average molecular weight is 423 g/mol. The van der Waals surface area contributed by atoms with Gasteiger partial charge in [-0.15, -0.1) is 10.2 Å². The molecule has 2 heterocycles. The number of sulfone groups is 1. The Kier molecular flexibility index (Phi) is 6.44. The molecule has 1 aliphatic heterocycles. The minimum atomic E-state index is -3.02. The Labute approximate surface area is 170 Å². The molecule has 1 atom stereocenters. The molecule has 9 heteroatoms. The van der Waals surface area contributed by atoms with Crippen molar-refractivity contribution in [3.05, 3.63) is 29.8 Å². The van der Waals surface area contributed by atoms with E-state index in [1.54, 1.807) is 4.90 Å². The maximum atomic E-state index is 12.7. The van der Waals surface area contributed by atoms with Crippen LogP contribution in [0.15, 0.2) is 29.4 Å². The van der Waals surface area contributed by atoms with Gasteiger partial charge in [0, 0.05) is 24.7 Å². The summed E-state index contributed by atoms with van der Waals surface area (Å²) in [4.78, 5) is 14.4. The number of benzene rings is 1. The molecular formula is C19H26N4O3S2. The molecule has 0 bridgehead atoms. The van der Waals surface area contributed by atoms with Crippen molar-refractivity contribution in [2.24, 2.45) is 0 Å². The Balaban J connectivity index is 1.72. The van der Waals surface area contributed by atoms with Crippen LogP contribution in [0.5, 0.6) is 0 Å².